The van der Waals surface area contributed by atoms with Crippen molar-refractivity contribution < 1.29 is 23.3 Å². The number of aromatic nitrogens is 1. The molecule has 2 aromatic heterocycles. The molecule has 1 aromatic carbocycles. The summed E-state index contributed by atoms with van der Waals surface area (Å²) in [6, 6.07) is 7.36. The van der Waals surface area contributed by atoms with E-state index in [1.807, 2.05) is 18.2 Å². The summed E-state index contributed by atoms with van der Waals surface area (Å²) >= 11 is 0. The fraction of sp³-hybridized carbons (Fsp3) is 0.235. The maximum absolute atomic E-state index is 12.3. The summed E-state index contributed by atoms with van der Waals surface area (Å²) in [6.07, 6.45) is 0. The number of Topliss-reactive ketones (excluding diaryl/α,β-unsaturated/α-hetero) is 1. The normalized spacial score (nSPS) is 10.9. The van der Waals surface area contributed by atoms with Crippen LogP contribution in [-0.2, 0) is 4.74 Å². The summed E-state index contributed by atoms with van der Waals surface area (Å²) in [6.45, 7) is 4.65. The molecule has 0 aliphatic heterocycles. The van der Waals surface area contributed by atoms with Gasteiger partial charge < -0.3 is 13.7 Å². The van der Waals surface area contributed by atoms with Crippen LogP contribution in [0.4, 0.5) is 0 Å². The molecule has 0 atom stereocenters. The second-order valence-electron chi connectivity index (χ2n) is 5.25. The second-order valence-corrected chi connectivity index (χ2v) is 5.25. The molecule has 23 heavy (non-hydrogen) atoms. The third kappa shape index (κ3) is 2.63. The second kappa shape index (κ2) is 5.72. The van der Waals surface area contributed by atoms with E-state index in [0.717, 1.165) is 10.9 Å². The van der Waals surface area contributed by atoms with Gasteiger partial charge in [-0.1, -0.05) is 23.4 Å². The van der Waals surface area contributed by atoms with Gasteiger partial charge in [0.05, 0.1) is 5.69 Å². The minimum Gasteiger partial charge on any atom is -0.453 e. The minimum absolute atomic E-state index is 0.206. The molecule has 6 heteroatoms. The van der Waals surface area contributed by atoms with Crippen LogP contribution < -0.4 is 0 Å². The highest BCUT2D eigenvalue weighted by atomic mass is 16.5. The molecule has 3 aromatic rings. The fourth-order valence-corrected chi connectivity index (χ4v) is 2.48. The SMILES string of the molecule is Cc1noc(C)c1C(=O)OCC(=O)c1oc2ccccc2c1C. The van der Waals surface area contributed by atoms with Gasteiger partial charge in [-0.3, -0.25) is 4.79 Å². The maximum Gasteiger partial charge on any atom is 0.344 e. The standard InChI is InChI=1S/C17H15NO5/c1-9-12-6-4-5-7-14(12)22-16(9)13(19)8-21-17(20)15-10(2)18-23-11(15)3/h4-7H,8H2,1-3H3. The van der Waals surface area contributed by atoms with E-state index in [1.165, 1.54) is 0 Å². The predicted octanol–water partition coefficient (Wildman–Crippen LogP) is 3.39. The van der Waals surface area contributed by atoms with Gasteiger partial charge in [-0.15, -0.1) is 0 Å². The van der Waals surface area contributed by atoms with Gasteiger partial charge in [0.25, 0.3) is 0 Å². The first-order chi connectivity index (χ1) is 11.0. The molecular formula is C17H15NO5. The summed E-state index contributed by atoms with van der Waals surface area (Å²) in [5, 5.41) is 4.55. The molecule has 0 N–H and O–H groups in total. The quantitative estimate of drug-likeness (QED) is 0.542. The van der Waals surface area contributed by atoms with Crippen LogP contribution in [0.25, 0.3) is 11.0 Å². The average Bonchev–Trinajstić information content (AvgIpc) is 3.05. The number of aryl methyl sites for hydroxylation is 3. The smallest absolute Gasteiger partial charge is 0.344 e. The zero-order valence-corrected chi connectivity index (χ0v) is 13.0. The zero-order chi connectivity index (χ0) is 16.6. The van der Waals surface area contributed by atoms with Crippen molar-refractivity contribution in [3.05, 3.63) is 52.6 Å². The molecule has 6 nitrogen and oxygen atoms in total. The Kier molecular flexibility index (Phi) is 3.73. The Morgan fingerprint density at radius 1 is 1.17 bits per heavy atom. The lowest BCUT2D eigenvalue weighted by molar-refractivity contribution is 0.0465. The number of hydrogen-bond donors (Lipinski definition) is 0. The van der Waals surface area contributed by atoms with Crippen LogP contribution >= 0.6 is 0 Å². The zero-order valence-electron chi connectivity index (χ0n) is 13.0. The van der Waals surface area contributed by atoms with E-state index in [0.29, 0.717) is 17.0 Å². The third-order valence-corrected chi connectivity index (χ3v) is 3.67. The lowest BCUT2D eigenvalue weighted by Gasteiger charge is -2.03. The van der Waals surface area contributed by atoms with Crippen LogP contribution in [0.2, 0.25) is 0 Å². The predicted molar refractivity (Wildman–Crippen MR) is 81.5 cm³/mol. The van der Waals surface area contributed by atoms with Crippen LogP contribution in [0.1, 0.15) is 37.9 Å². The van der Waals surface area contributed by atoms with E-state index in [-0.39, 0.29) is 17.1 Å². The highest BCUT2D eigenvalue weighted by Crippen LogP contribution is 2.25. The van der Waals surface area contributed by atoms with Crippen LogP contribution in [0.3, 0.4) is 0 Å². The molecule has 0 aliphatic rings. The van der Waals surface area contributed by atoms with E-state index in [4.69, 9.17) is 13.7 Å². The number of carbonyl (C=O) groups excluding carboxylic acids is 2. The van der Waals surface area contributed by atoms with Gasteiger partial charge in [-0.05, 0) is 26.8 Å². The fourth-order valence-electron chi connectivity index (χ4n) is 2.48. The van der Waals surface area contributed by atoms with Crippen LogP contribution in [0, 0.1) is 20.8 Å². The van der Waals surface area contributed by atoms with Gasteiger partial charge in [-0.25, -0.2) is 4.79 Å². The summed E-state index contributed by atoms with van der Waals surface area (Å²) in [5.41, 5.74) is 2.04. The first-order valence-corrected chi connectivity index (χ1v) is 7.10. The molecule has 0 bridgehead atoms. The number of para-hydroxylation sites is 1. The van der Waals surface area contributed by atoms with Crippen molar-refractivity contribution in [3.63, 3.8) is 0 Å². The Morgan fingerprint density at radius 3 is 2.57 bits per heavy atom. The van der Waals surface area contributed by atoms with E-state index in [9.17, 15) is 9.59 Å². The number of fused-ring (bicyclic) bond motifs is 1. The van der Waals surface area contributed by atoms with E-state index in [2.05, 4.69) is 5.16 Å². The van der Waals surface area contributed by atoms with Crippen molar-refractivity contribution in [2.45, 2.75) is 20.8 Å². The van der Waals surface area contributed by atoms with Gasteiger partial charge in [0.15, 0.2) is 12.4 Å². The number of furan rings is 1. The van der Waals surface area contributed by atoms with Crippen molar-refractivity contribution in [1.82, 2.24) is 5.16 Å². The first kappa shape index (κ1) is 15.0. The summed E-state index contributed by atoms with van der Waals surface area (Å²) < 4.78 is 15.5. The molecular weight excluding hydrogens is 298 g/mol. The maximum atomic E-state index is 12.3. The summed E-state index contributed by atoms with van der Waals surface area (Å²) in [5.74, 6) is -0.459. The monoisotopic (exact) mass is 313 g/mol. The van der Waals surface area contributed by atoms with Crippen LogP contribution in [0.15, 0.2) is 33.2 Å². The molecule has 0 amide bonds. The molecule has 0 aliphatic carbocycles. The lowest BCUT2D eigenvalue weighted by Crippen LogP contribution is -2.15. The van der Waals surface area contributed by atoms with Crippen molar-refractivity contribution in [2.75, 3.05) is 6.61 Å². The van der Waals surface area contributed by atoms with Gasteiger partial charge in [0, 0.05) is 10.9 Å². The highest BCUT2D eigenvalue weighted by Gasteiger charge is 2.22. The topological polar surface area (TPSA) is 82.5 Å². The largest absolute Gasteiger partial charge is 0.453 e. The van der Waals surface area contributed by atoms with Crippen molar-refractivity contribution in [2.24, 2.45) is 0 Å². The Labute approximate surface area is 132 Å². The number of rotatable bonds is 4. The number of benzene rings is 1. The van der Waals surface area contributed by atoms with E-state index < -0.39 is 12.6 Å². The van der Waals surface area contributed by atoms with Crippen molar-refractivity contribution >= 4 is 22.7 Å². The molecule has 118 valence electrons. The van der Waals surface area contributed by atoms with Gasteiger partial charge >= 0.3 is 5.97 Å². The minimum atomic E-state index is -0.636. The Morgan fingerprint density at radius 2 is 1.91 bits per heavy atom. The van der Waals surface area contributed by atoms with Crippen LogP contribution in [-0.4, -0.2) is 23.5 Å². The Balaban J connectivity index is 1.76. The van der Waals surface area contributed by atoms with Gasteiger partial charge in [0.2, 0.25) is 5.78 Å². The van der Waals surface area contributed by atoms with Crippen molar-refractivity contribution in [3.8, 4) is 0 Å². The van der Waals surface area contributed by atoms with Crippen LogP contribution in [0.5, 0.6) is 0 Å². The first-order valence-electron chi connectivity index (χ1n) is 7.10. The molecule has 0 fully saturated rings. The lowest BCUT2D eigenvalue weighted by atomic mass is 10.1. The third-order valence-electron chi connectivity index (χ3n) is 3.67. The number of ketones is 1. The molecule has 0 unspecified atom stereocenters. The number of nitrogens with zero attached hydrogens (tertiary/aromatic N) is 1. The van der Waals surface area contributed by atoms with E-state index in [1.54, 1.807) is 26.8 Å². The molecule has 2 heterocycles. The summed E-state index contributed by atoms with van der Waals surface area (Å²) in [7, 11) is 0. The number of ether oxygens (including phenoxy) is 1. The molecule has 3 rings (SSSR count). The van der Waals surface area contributed by atoms with Crippen molar-refractivity contribution in [1.29, 1.82) is 0 Å². The highest BCUT2D eigenvalue weighted by molar-refractivity contribution is 6.02. The number of hydrogen-bond acceptors (Lipinski definition) is 6. The number of carbonyl (C=O) groups is 2. The average molecular weight is 313 g/mol. The van der Waals surface area contributed by atoms with Gasteiger partial charge in [-0.2, -0.15) is 0 Å². The Bertz CT molecular complexity index is 883. The molecule has 0 radical (unpaired) electrons. The molecule has 0 saturated carbocycles. The number of esters is 1. The van der Waals surface area contributed by atoms with Gasteiger partial charge in [0.1, 0.15) is 16.9 Å². The Hall–Kier alpha value is -2.89. The summed E-state index contributed by atoms with van der Waals surface area (Å²) in [4.78, 5) is 24.3. The molecule has 0 saturated heterocycles. The molecule has 0 spiro atoms. The van der Waals surface area contributed by atoms with E-state index >= 15 is 0 Å².